The molecule has 5 rings (SSSR count). The Morgan fingerprint density at radius 2 is 0.692 bits per heavy atom. The number of allylic oxidation sites excluding steroid dienone is 1. The predicted octanol–water partition coefficient (Wildman–Crippen LogP) is 10.8. The van der Waals surface area contributed by atoms with E-state index in [9.17, 15) is 0 Å². The van der Waals surface area contributed by atoms with E-state index in [-0.39, 0.29) is 0 Å². The van der Waals surface area contributed by atoms with E-state index < -0.39 is 0 Å². The molecule has 0 atom stereocenters. The Kier molecular flexibility index (Phi) is 9.37. The maximum Gasteiger partial charge on any atom is 0.127 e. The van der Waals surface area contributed by atoms with Gasteiger partial charge in [-0.2, -0.15) is 0 Å². The molecule has 0 aliphatic heterocycles. The second kappa shape index (κ2) is 13.3. The van der Waals surface area contributed by atoms with Crippen LogP contribution in [0.3, 0.4) is 0 Å². The zero-order valence-corrected chi connectivity index (χ0v) is 23.4. The van der Waals surface area contributed by atoms with Gasteiger partial charge in [0.15, 0.2) is 0 Å². The Labute approximate surface area is 233 Å². The van der Waals surface area contributed by atoms with Gasteiger partial charge >= 0.3 is 0 Å². The minimum atomic E-state index is 0.792. The maximum atomic E-state index is 5.80. The van der Waals surface area contributed by atoms with Crippen molar-refractivity contribution in [2.24, 2.45) is 0 Å². The molecule has 0 aromatic heterocycles. The van der Waals surface area contributed by atoms with Crippen molar-refractivity contribution in [3.8, 4) is 23.0 Å². The van der Waals surface area contributed by atoms with Gasteiger partial charge in [0.25, 0.3) is 0 Å². The monoisotopic (exact) mass is 512 g/mol. The van der Waals surface area contributed by atoms with Crippen molar-refractivity contribution in [1.82, 2.24) is 0 Å². The molecule has 5 aromatic carbocycles. The fraction of sp³-hybridized carbons (Fsp3) is 0.135. The highest BCUT2D eigenvalue weighted by Crippen LogP contribution is 2.27. The number of hydrogen-bond acceptors (Lipinski definition) is 2. The summed E-state index contributed by atoms with van der Waals surface area (Å²) in [4.78, 5) is 0. The Morgan fingerprint density at radius 3 is 1.05 bits per heavy atom. The van der Waals surface area contributed by atoms with E-state index in [0.717, 1.165) is 23.0 Å². The lowest BCUT2D eigenvalue weighted by molar-refractivity contribution is 0.469. The minimum absolute atomic E-state index is 0.792. The van der Waals surface area contributed by atoms with Gasteiger partial charge in [-0.25, -0.2) is 0 Å². The molecule has 0 N–H and O–H groups in total. The van der Waals surface area contributed by atoms with Crippen LogP contribution in [0.2, 0.25) is 0 Å². The van der Waals surface area contributed by atoms with Crippen molar-refractivity contribution in [2.45, 2.75) is 34.6 Å². The van der Waals surface area contributed by atoms with Gasteiger partial charge < -0.3 is 9.47 Å². The molecule has 0 spiro atoms. The Hall–Kier alpha value is -4.56. The summed E-state index contributed by atoms with van der Waals surface area (Å²) in [6, 6.07) is 40.9. The van der Waals surface area contributed by atoms with Crippen molar-refractivity contribution >= 4 is 11.6 Å². The number of aryl methyl sites for hydroxylation is 4. The molecule has 196 valence electrons. The van der Waals surface area contributed by atoms with Crippen LogP contribution in [-0.4, -0.2) is 0 Å². The number of benzene rings is 5. The first-order chi connectivity index (χ1) is 18.8. The first kappa shape index (κ1) is 27.5. The summed E-state index contributed by atoms with van der Waals surface area (Å²) in [5, 5.41) is 0. The van der Waals surface area contributed by atoms with Gasteiger partial charge in [0.1, 0.15) is 23.0 Å². The normalized spacial score (nSPS) is 10.8. The fourth-order valence-electron chi connectivity index (χ4n) is 3.87. The van der Waals surface area contributed by atoms with Crippen molar-refractivity contribution in [2.75, 3.05) is 0 Å². The second-order valence-electron chi connectivity index (χ2n) is 9.91. The van der Waals surface area contributed by atoms with Crippen LogP contribution in [0, 0.1) is 27.7 Å². The van der Waals surface area contributed by atoms with Gasteiger partial charge in [-0.1, -0.05) is 101 Å². The predicted molar refractivity (Wildman–Crippen MR) is 165 cm³/mol. The second-order valence-corrected chi connectivity index (χ2v) is 9.91. The zero-order valence-electron chi connectivity index (χ0n) is 23.4. The van der Waals surface area contributed by atoms with Crippen LogP contribution >= 0.6 is 0 Å². The van der Waals surface area contributed by atoms with E-state index in [0.29, 0.717) is 0 Å². The molecule has 0 amide bonds. The third-order valence-corrected chi connectivity index (χ3v) is 6.30. The molecule has 2 nitrogen and oxygen atoms in total. The van der Waals surface area contributed by atoms with E-state index in [1.165, 1.54) is 39.0 Å². The molecular weight excluding hydrogens is 476 g/mol. The summed E-state index contributed by atoms with van der Waals surface area (Å²) in [7, 11) is 0. The van der Waals surface area contributed by atoms with E-state index >= 15 is 0 Å². The molecule has 0 bridgehead atoms. The smallest absolute Gasteiger partial charge is 0.127 e. The van der Waals surface area contributed by atoms with Crippen molar-refractivity contribution in [3.63, 3.8) is 0 Å². The van der Waals surface area contributed by atoms with Crippen LogP contribution in [-0.2, 0) is 0 Å². The largest absolute Gasteiger partial charge is 0.457 e. The van der Waals surface area contributed by atoms with Crippen LogP contribution in [0.1, 0.15) is 40.3 Å². The average molecular weight is 513 g/mol. The van der Waals surface area contributed by atoms with Crippen molar-refractivity contribution < 1.29 is 9.47 Å². The SMILES string of the molecule is CC(=Cc1ccc(C)cc1)c1ccc(C)cc1.Cc1ccc(Oc2ccc(Oc3ccc(C)cc3)cc2)cc1. The quantitative estimate of drug-likeness (QED) is 0.211. The van der Waals surface area contributed by atoms with Crippen molar-refractivity contribution in [3.05, 3.63) is 155 Å². The van der Waals surface area contributed by atoms with Crippen LogP contribution in [0.25, 0.3) is 11.6 Å². The topological polar surface area (TPSA) is 18.5 Å². The lowest BCUT2D eigenvalue weighted by Gasteiger charge is -2.08. The Bertz CT molecular complexity index is 1410. The van der Waals surface area contributed by atoms with Gasteiger partial charge in [-0.3, -0.25) is 0 Å². The molecule has 0 aliphatic rings. The summed E-state index contributed by atoms with van der Waals surface area (Å²) in [5.74, 6) is 3.25. The van der Waals surface area contributed by atoms with Crippen LogP contribution < -0.4 is 9.47 Å². The average Bonchev–Trinajstić information content (AvgIpc) is 2.94. The minimum Gasteiger partial charge on any atom is -0.457 e. The molecule has 0 saturated carbocycles. The van der Waals surface area contributed by atoms with E-state index in [4.69, 9.17) is 9.47 Å². The third kappa shape index (κ3) is 8.76. The Morgan fingerprint density at radius 1 is 0.410 bits per heavy atom. The highest BCUT2D eigenvalue weighted by atomic mass is 16.5. The molecule has 2 heteroatoms. The van der Waals surface area contributed by atoms with Crippen LogP contribution in [0.4, 0.5) is 0 Å². The van der Waals surface area contributed by atoms with Crippen LogP contribution in [0.15, 0.2) is 121 Å². The number of rotatable bonds is 6. The van der Waals surface area contributed by atoms with E-state index in [1.807, 2.05) is 72.8 Å². The van der Waals surface area contributed by atoms with E-state index in [2.05, 4.69) is 89.2 Å². The maximum absolute atomic E-state index is 5.80. The summed E-state index contributed by atoms with van der Waals surface area (Å²) < 4.78 is 11.6. The van der Waals surface area contributed by atoms with Gasteiger partial charge in [-0.05, 0) is 99.8 Å². The zero-order chi connectivity index (χ0) is 27.6. The summed E-state index contributed by atoms with van der Waals surface area (Å²) in [6.07, 6.45) is 2.23. The number of ether oxygens (including phenoxy) is 2. The van der Waals surface area contributed by atoms with Gasteiger partial charge in [-0.15, -0.1) is 0 Å². The molecule has 0 unspecified atom stereocenters. The van der Waals surface area contributed by atoms with Crippen LogP contribution in [0.5, 0.6) is 23.0 Å². The van der Waals surface area contributed by atoms with E-state index in [1.54, 1.807) is 0 Å². The molecule has 0 heterocycles. The first-order valence-electron chi connectivity index (χ1n) is 13.3. The fourth-order valence-corrected chi connectivity index (χ4v) is 3.87. The molecular formula is C37H36O2. The first-order valence-corrected chi connectivity index (χ1v) is 13.3. The highest BCUT2D eigenvalue weighted by Gasteiger charge is 2.01. The highest BCUT2D eigenvalue weighted by molar-refractivity contribution is 5.80. The Balaban J connectivity index is 0.000000187. The number of hydrogen-bond donors (Lipinski definition) is 0. The van der Waals surface area contributed by atoms with Gasteiger partial charge in [0.05, 0.1) is 0 Å². The standard InChI is InChI=1S/C20H18O2.C17H18/c1-15-3-7-17(8-4-15)21-19-11-13-20(14-12-19)22-18-9-5-16(2)6-10-18;1-13-4-8-16(9-5-13)12-15(3)17-10-6-14(2)7-11-17/h3-14H,1-2H3;4-12H,1-3H3. The molecule has 0 radical (unpaired) electrons. The molecule has 0 saturated heterocycles. The lowest BCUT2D eigenvalue weighted by atomic mass is 10.0. The lowest BCUT2D eigenvalue weighted by Crippen LogP contribution is -1.86. The molecule has 0 fully saturated rings. The summed E-state index contributed by atoms with van der Waals surface area (Å²) in [6.45, 7) is 10.5. The summed E-state index contributed by atoms with van der Waals surface area (Å²) >= 11 is 0. The molecule has 0 aliphatic carbocycles. The molecule has 5 aromatic rings. The van der Waals surface area contributed by atoms with Gasteiger partial charge in [0, 0.05) is 0 Å². The third-order valence-electron chi connectivity index (χ3n) is 6.30. The molecule has 39 heavy (non-hydrogen) atoms. The summed E-state index contributed by atoms with van der Waals surface area (Å²) in [5.41, 5.74) is 8.88. The van der Waals surface area contributed by atoms with Crippen molar-refractivity contribution in [1.29, 1.82) is 0 Å². The van der Waals surface area contributed by atoms with Gasteiger partial charge in [0.2, 0.25) is 0 Å².